The second-order valence-electron chi connectivity index (χ2n) is 4.42. The van der Waals surface area contributed by atoms with E-state index in [1.807, 2.05) is 36.5 Å². The van der Waals surface area contributed by atoms with E-state index in [-0.39, 0.29) is 12.1 Å². The van der Waals surface area contributed by atoms with Gasteiger partial charge in [0.05, 0.1) is 0 Å². The molecule has 1 unspecified atom stereocenters. The van der Waals surface area contributed by atoms with Gasteiger partial charge in [-0.3, -0.25) is 4.98 Å². The minimum absolute atomic E-state index is 0.0395. The number of aromatic nitrogens is 1. The summed E-state index contributed by atoms with van der Waals surface area (Å²) in [5.41, 5.74) is 8.21. The fourth-order valence-electron chi connectivity index (χ4n) is 2.25. The van der Waals surface area contributed by atoms with Gasteiger partial charge in [-0.15, -0.1) is 0 Å². The highest BCUT2D eigenvalue weighted by Gasteiger charge is 2.27. The normalized spacial score (nSPS) is 22.1. The van der Waals surface area contributed by atoms with Crippen molar-refractivity contribution >= 4 is 11.6 Å². The van der Waals surface area contributed by atoms with E-state index in [0.717, 1.165) is 23.3 Å². The fraction of sp³-hybridized carbons (Fsp3) is 0.214. The maximum Gasteiger partial charge on any atom is 0.127 e. The van der Waals surface area contributed by atoms with Crippen LogP contribution in [0.5, 0.6) is 5.75 Å². The van der Waals surface area contributed by atoms with E-state index in [1.165, 1.54) is 0 Å². The third kappa shape index (κ3) is 2.07. The summed E-state index contributed by atoms with van der Waals surface area (Å²) in [7, 11) is 0. The van der Waals surface area contributed by atoms with E-state index in [0.29, 0.717) is 5.02 Å². The van der Waals surface area contributed by atoms with Crippen LogP contribution in [0.15, 0.2) is 42.7 Å². The van der Waals surface area contributed by atoms with Crippen molar-refractivity contribution in [2.45, 2.75) is 18.6 Å². The van der Waals surface area contributed by atoms with Gasteiger partial charge in [-0.25, -0.2) is 0 Å². The Morgan fingerprint density at radius 1 is 1.33 bits per heavy atom. The highest BCUT2D eigenvalue weighted by Crippen LogP contribution is 2.40. The molecule has 1 aromatic heterocycles. The molecule has 0 fully saturated rings. The number of halogens is 1. The first kappa shape index (κ1) is 11.5. The lowest BCUT2D eigenvalue weighted by Gasteiger charge is -2.30. The summed E-state index contributed by atoms with van der Waals surface area (Å²) in [6.45, 7) is 0. The van der Waals surface area contributed by atoms with Gasteiger partial charge in [0, 0.05) is 41.0 Å². The van der Waals surface area contributed by atoms with Gasteiger partial charge in [0.2, 0.25) is 0 Å². The monoisotopic (exact) mass is 260 g/mol. The summed E-state index contributed by atoms with van der Waals surface area (Å²) < 4.78 is 5.96. The van der Waals surface area contributed by atoms with Crippen LogP contribution in [0.25, 0.3) is 0 Å². The molecular weight excluding hydrogens is 248 g/mol. The number of hydrogen-bond acceptors (Lipinski definition) is 3. The lowest BCUT2D eigenvalue weighted by Crippen LogP contribution is -2.24. The van der Waals surface area contributed by atoms with E-state index in [9.17, 15) is 0 Å². The number of hydrogen-bond donors (Lipinski definition) is 1. The van der Waals surface area contributed by atoms with Crippen molar-refractivity contribution in [2.75, 3.05) is 0 Å². The molecule has 0 saturated carbocycles. The molecule has 3 rings (SSSR count). The molecule has 2 N–H and O–H groups in total. The summed E-state index contributed by atoms with van der Waals surface area (Å²) >= 11 is 5.97. The van der Waals surface area contributed by atoms with Crippen LogP contribution in [0.4, 0.5) is 0 Å². The molecule has 0 amide bonds. The maximum absolute atomic E-state index is 6.18. The Balaban J connectivity index is 1.95. The SMILES string of the molecule is N[C@@H]1CC(c2cccnc2)Oc2ccc(Cl)cc21. The molecule has 4 heteroatoms. The number of fused-ring (bicyclic) bond motifs is 1. The highest BCUT2D eigenvalue weighted by atomic mass is 35.5. The Morgan fingerprint density at radius 3 is 3.00 bits per heavy atom. The minimum atomic E-state index is -0.0577. The molecule has 0 radical (unpaired) electrons. The Kier molecular flexibility index (Phi) is 2.94. The van der Waals surface area contributed by atoms with E-state index >= 15 is 0 Å². The third-order valence-electron chi connectivity index (χ3n) is 3.16. The van der Waals surface area contributed by atoms with Gasteiger partial charge in [0.25, 0.3) is 0 Å². The molecule has 92 valence electrons. The lowest BCUT2D eigenvalue weighted by atomic mass is 9.94. The third-order valence-corrected chi connectivity index (χ3v) is 3.40. The average Bonchev–Trinajstić information content (AvgIpc) is 2.40. The molecule has 2 aromatic rings. The minimum Gasteiger partial charge on any atom is -0.485 e. The lowest BCUT2D eigenvalue weighted by molar-refractivity contribution is 0.161. The predicted molar refractivity (Wildman–Crippen MR) is 70.6 cm³/mol. The molecule has 1 aliphatic rings. The van der Waals surface area contributed by atoms with E-state index in [2.05, 4.69) is 4.98 Å². The van der Waals surface area contributed by atoms with Crippen LogP contribution in [0.3, 0.4) is 0 Å². The smallest absolute Gasteiger partial charge is 0.127 e. The molecule has 18 heavy (non-hydrogen) atoms. The maximum atomic E-state index is 6.18. The number of pyridine rings is 1. The number of ether oxygens (including phenoxy) is 1. The molecule has 0 spiro atoms. The van der Waals surface area contributed by atoms with E-state index < -0.39 is 0 Å². The first-order valence-corrected chi connectivity index (χ1v) is 6.23. The molecular formula is C14H13ClN2O. The highest BCUT2D eigenvalue weighted by molar-refractivity contribution is 6.30. The largest absolute Gasteiger partial charge is 0.485 e. The van der Waals surface area contributed by atoms with Crippen LogP contribution in [0.2, 0.25) is 5.02 Å². The second kappa shape index (κ2) is 4.59. The van der Waals surface area contributed by atoms with Crippen LogP contribution < -0.4 is 10.5 Å². The Labute approximate surface area is 111 Å². The van der Waals surface area contributed by atoms with Gasteiger partial charge in [-0.05, 0) is 24.3 Å². The van der Waals surface area contributed by atoms with Crippen LogP contribution in [-0.4, -0.2) is 4.98 Å². The predicted octanol–water partition coefficient (Wildman–Crippen LogP) is 3.26. The van der Waals surface area contributed by atoms with E-state index in [4.69, 9.17) is 22.1 Å². The number of nitrogens with zero attached hydrogens (tertiary/aromatic N) is 1. The van der Waals surface area contributed by atoms with Crippen molar-refractivity contribution in [1.29, 1.82) is 0 Å². The van der Waals surface area contributed by atoms with Crippen molar-refractivity contribution in [3.63, 3.8) is 0 Å². The zero-order valence-electron chi connectivity index (χ0n) is 9.71. The van der Waals surface area contributed by atoms with Gasteiger partial charge in [-0.1, -0.05) is 17.7 Å². The Morgan fingerprint density at radius 2 is 2.22 bits per heavy atom. The van der Waals surface area contributed by atoms with Crippen LogP contribution in [0.1, 0.15) is 29.7 Å². The standard InChI is InChI=1S/C14H13ClN2O/c15-10-3-4-13-11(6-10)12(16)7-14(18-13)9-2-1-5-17-8-9/h1-6,8,12,14H,7,16H2/t12-,14?/m1/s1. The average molecular weight is 261 g/mol. The Hall–Kier alpha value is -1.58. The van der Waals surface area contributed by atoms with Gasteiger partial charge < -0.3 is 10.5 Å². The fourth-order valence-corrected chi connectivity index (χ4v) is 2.43. The van der Waals surface area contributed by atoms with Gasteiger partial charge >= 0.3 is 0 Å². The molecule has 3 nitrogen and oxygen atoms in total. The van der Waals surface area contributed by atoms with Crippen molar-refractivity contribution in [2.24, 2.45) is 5.73 Å². The summed E-state index contributed by atoms with van der Waals surface area (Å²) in [5.74, 6) is 0.812. The first-order chi connectivity index (χ1) is 8.74. The molecule has 2 heterocycles. The van der Waals surface area contributed by atoms with E-state index in [1.54, 1.807) is 6.20 Å². The van der Waals surface area contributed by atoms with Gasteiger partial charge in [0.15, 0.2) is 0 Å². The zero-order valence-corrected chi connectivity index (χ0v) is 10.5. The number of benzene rings is 1. The topological polar surface area (TPSA) is 48.1 Å². The second-order valence-corrected chi connectivity index (χ2v) is 4.85. The summed E-state index contributed by atoms with van der Waals surface area (Å²) in [6.07, 6.45) is 4.26. The first-order valence-electron chi connectivity index (χ1n) is 5.85. The van der Waals surface area contributed by atoms with Crippen LogP contribution >= 0.6 is 11.6 Å². The van der Waals surface area contributed by atoms with Gasteiger partial charge in [0.1, 0.15) is 11.9 Å². The Bertz CT molecular complexity index is 559. The summed E-state index contributed by atoms with van der Waals surface area (Å²) in [6, 6.07) is 9.42. The molecule has 0 bridgehead atoms. The molecule has 1 aliphatic heterocycles. The molecule has 1 aromatic carbocycles. The zero-order chi connectivity index (χ0) is 12.5. The molecule has 0 saturated heterocycles. The van der Waals surface area contributed by atoms with Crippen LogP contribution in [0, 0.1) is 0 Å². The number of rotatable bonds is 1. The van der Waals surface area contributed by atoms with Gasteiger partial charge in [-0.2, -0.15) is 0 Å². The molecule has 0 aliphatic carbocycles. The number of nitrogens with two attached hydrogens (primary N) is 1. The van der Waals surface area contributed by atoms with Crippen molar-refractivity contribution in [3.8, 4) is 5.75 Å². The van der Waals surface area contributed by atoms with Crippen molar-refractivity contribution in [3.05, 3.63) is 58.9 Å². The van der Waals surface area contributed by atoms with Crippen molar-refractivity contribution < 1.29 is 4.74 Å². The summed E-state index contributed by atoms with van der Waals surface area (Å²) in [4.78, 5) is 4.11. The molecule has 2 atom stereocenters. The van der Waals surface area contributed by atoms with Crippen molar-refractivity contribution in [1.82, 2.24) is 4.98 Å². The summed E-state index contributed by atoms with van der Waals surface area (Å²) in [5, 5.41) is 0.688. The van der Waals surface area contributed by atoms with Crippen LogP contribution in [-0.2, 0) is 0 Å². The quantitative estimate of drug-likeness (QED) is 0.856.